The van der Waals surface area contributed by atoms with Gasteiger partial charge in [0.15, 0.2) is 0 Å². The van der Waals surface area contributed by atoms with Crippen molar-refractivity contribution in [2.24, 2.45) is 0 Å². The van der Waals surface area contributed by atoms with E-state index >= 15 is 0 Å². The molecular weight excluding hydrogens is 298 g/mol. The van der Waals surface area contributed by atoms with Crippen LogP contribution < -0.4 is 4.90 Å². The third-order valence-electron chi connectivity index (χ3n) is 2.93. The highest BCUT2D eigenvalue weighted by atomic mass is 79.9. The van der Waals surface area contributed by atoms with Crippen LogP contribution in [0, 0.1) is 0 Å². The maximum Gasteiger partial charge on any atom is 0.337 e. The summed E-state index contributed by atoms with van der Waals surface area (Å²) in [6.45, 7) is 3.93. The molecule has 1 aromatic rings. The fourth-order valence-electron chi connectivity index (χ4n) is 2.22. The molecule has 18 heavy (non-hydrogen) atoms. The van der Waals surface area contributed by atoms with E-state index < -0.39 is 5.97 Å². The smallest absolute Gasteiger partial charge is 0.337 e. The number of fused-ring (bicyclic) bond motifs is 1. The normalized spacial score (nSPS) is 14.1. The topological polar surface area (TPSA) is 46.6 Å². The Morgan fingerprint density at radius 1 is 1.44 bits per heavy atom. The highest BCUT2D eigenvalue weighted by molar-refractivity contribution is 9.10. The second kappa shape index (κ2) is 4.72. The summed E-state index contributed by atoms with van der Waals surface area (Å²) in [5, 5.41) is 0. The number of anilines is 1. The molecule has 0 fully saturated rings. The minimum absolute atomic E-state index is 0.0581. The van der Waals surface area contributed by atoms with E-state index in [4.69, 9.17) is 4.74 Å². The zero-order valence-corrected chi connectivity index (χ0v) is 12.1. The molecule has 1 aromatic carbocycles. The van der Waals surface area contributed by atoms with Gasteiger partial charge in [0.05, 0.1) is 24.8 Å². The molecule has 0 spiro atoms. The minimum Gasteiger partial charge on any atom is -0.465 e. The number of esters is 1. The zero-order chi connectivity index (χ0) is 13.4. The third kappa shape index (κ3) is 2.03. The first-order valence-corrected chi connectivity index (χ1v) is 6.47. The van der Waals surface area contributed by atoms with Crippen LogP contribution in [0.1, 0.15) is 29.8 Å². The van der Waals surface area contributed by atoms with E-state index in [-0.39, 0.29) is 11.9 Å². The van der Waals surface area contributed by atoms with E-state index in [1.165, 1.54) is 7.11 Å². The van der Waals surface area contributed by atoms with E-state index in [2.05, 4.69) is 15.9 Å². The van der Waals surface area contributed by atoms with Gasteiger partial charge in [0.1, 0.15) is 0 Å². The first-order valence-electron chi connectivity index (χ1n) is 5.68. The van der Waals surface area contributed by atoms with Crippen LogP contribution in [0.25, 0.3) is 0 Å². The molecule has 0 bridgehead atoms. The molecule has 0 saturated carbocycles. The zero-order valence-electron chi connectivity index (χ0n) is 10.5. The molecular formula is C13H14BrNO3. The van der Waals surface area contributed by atoms with Crippen molar-refractivity contribution in [3.8, 4) is 0 Å². The van der Waals surface area contributed by atoms with Crippen molar-refractivity contribution in [1.29, 1.82) is 0 Å². The minimum atomic E-state index is -0.394. The lowest BCUT2D eigenvalue weighted by Crippen LogP contribution is -2.33. The van der Waals surface area contributed by atoms with Crippen molar-refractivity contribution in [2.45, 2.75) is 26.3 Å². The molecule has 1 aliphatic rings. The summed E-state index contributed by atoms with van der Waals surface area (Å²) in [5.74, 6) is -0.336. The lowest BCUT2D eigenvalue weighted by atomic mass is 10.1. The monoisotopic (exact) mass is 311 g/mol. The Kier molecular flexibility index (Phi) is 3.43. The van der Waals surface area contributed by atoms with Crippen molar-refractivity contribution in [2.75, 3.05) is 12.0 Å². The van der Waals surface area contributed by atoms with Crippen molar-refractivity contribution in [1.82, 2.24) is 0 Å². The number of methoxy groups -OCH3 is 1. The molecule has 0 radical (unpaired) electrons. The van der Waals surface area contributed by atoms with Gasteiger partial charge in [-0.15, -0.1) is 0 Å². The summed E-state index contributed by atoms with van der Waals surface area (Å²) in [6.07, 6.45) is 0.330. The maximum atomic E-state index is 12.0. The molecule has 4 nitrogen and oxygen atoms in total. The van der Waals surface area contributed by atoms with Crippen LogP contribution in [0.4, 0.5) is 5.69 Å². The summed E-state index contributed by atoms with van der Waals surface area (Å²) in [6, 6.07) is 3.52. The van der Waals surface area contributed by atoms with Crippen LogP contribution in [-0.4, -0.2) is 25.0 Å². The molecule has 5 heteroatoms. The highest BCUT2D eigenvalue weighted by Gasteiger charge is 2.32. The summed E-state index contributed by atoms with van der Waals surface area (Å²) in [5.41, 5.74) is 2.19. The number of rotatable bonds is 2. The van der Waals surface area contributed by atoms with Crippen molar-refractivity contribution >= 4 is 33.5 Å². The number of hydrogen-bond acceptors (Lipinski definition) is 3. The van der Waals surface area contributed by atoms with Gasteiger partial charge >= 0.3 is 5.97 Å². The Hall–Kier alpha value is -1.36. The van der Waals surface area contributed by atoms with Gasteiger partial charge in [0.25, 0.3) is 0 Å². The SMILES string of the molecule is COC(=O)c1cc(Br)c2c(c1)CC(=O)N2C(C)C. The average Bonchev–Trinajstić information content (AvgIpc) is 2.64. The van der Waals surface area contributed by atoms with Crippen LogP contribution in [0.15, 0.2) is 16.6 Å². The van der Waals surface area contributed by atoms with Crippen LogP contribution in [0.2, 0.25) is 0 Å². The van der Waals surface area contributed by atoms with Gasteiger partial charge in [-0.25, -0.2) is 4.79 Å². The van der Waals surface area contributed by atoms with Crippen LogP contribution in [0.3, 0.4) is 0 Å². The van der Waals surface area contributed by atoms with E-state index in [1.54, 1.807) is 17.0 Å². The Labute approximate surface area is 114 Å². The van der Waals surface area contributed by atoms with Crippen LogP contribution >= 0.6 is 15.9 Å². The fourth-order valence-corrected chi connectivity index (χ4v) is 2.91. The van der Waals surface area contributed by atoms with Gasteiger partial charge in [-0.1, -0.05) is 0 Å². The Morgan fingerprint density at radius 3 is 2.67 bits per heavy atom. The lowest BCUT2D eigenvalue weighted by molar-refractivity contribution is -0.117. The Bertz CT molecular complexity index is 525. The lowest BCUT2D eigenvalue weighted by Gasteiger charge is -2.23. The summed E-state index contributed by atoms with van der Waals surface area (Å²) >= 11 is 3.43. The third-order valence-corrected chi connectivity index (χ3v) is 3.54. The quantitative estimate of drug-likeness (QED) is 0.789. The number of halogens is 1. The first-order chi connectivity index (χ1) is 8.45. The number of nitrogens with zero attached hydrogens (tertiary/aromatic N) is 1. The molecule has 1 amide bonds. The van der Waals surface area contributed by atoms with Crippen molar-refractivity contribution in [3.63, 3.8) is 0 Å². The van der Waals surface area contributed by atoms with Gasteiger partial charge in [0, 0.05) is 10.5 Å². The second-order valence-corrected chi connectivity index (χ2v) is 5.35. The molecule has 2 rings (SSSR count). The largest absolute Gasteiger partial charge is 0.465 e. The standard InChI is InChI=1S/C13H14BrNO3/c1-7(2)15-11(16)6-8-4-9(13(17)18-3)5-10(14)12(8)15/h4-5,7H,6H2,1-3H3. The number of carbonyl (C=O) groups excluding carboxylic acids is 2. The Balaban J connectivity index is 2.53. The molecule has 0 atom stereocenters. The molecule has 96 valence electrons. The number of ether oxygens (including phenoxy) is 1. The number of amides is 1. The number of benzene rings is 1. The van der Waals surface area contributed by atoms with Crippen molar-refractivity contribution in [3.05, 3.63) is 27.7 Å². The predicted molar refractivity (Wildman–Crippen MR) is 71.8 cm³/mol. The predicted octanol–water partition coefficient (Wildman–Crippen LogP) is 2.53. The molecule has 1 heterocycles. The first kappa shape index (κ1) is 13.1. The van der Waals surface area contributed by atoms with E-state index in [1.807, 2.05) is 13.8 Å². The van der Waals surface area contributed by atoms with Gasteiger partial charge in [-0.3, -0.25) is 4.79 Å². The van der Waals surface area contributed by atoms with Gasteiger partial charge in [-0.05, 0) is 47.5 Å². The van der Waals surface area contributed by atoms with Gasteiger partial charge < -0.3 is 9.64 Å². The molecule has 0 aromatic heterocycles. The number of hydrogen-bond donors (Lipinski definition) is 0. The van der Waals surface area contributed by atoms with Gasteiger partial charge in [0.2, 0.25) is 5.91 Å². The van der Waals surface area contributed by atoms with Crippen LogP contribution in [-0.2, 0) is 16.0 Å². The molecule has 1 aliphatic heterocycles. The molecule has 0 aliphatic carbocycles. The van der Waals surface area contributed by atoms with Crippen LogP contribution in [0.5, 0.6) is 0 Å². The van der Waals surface area contributed by atoms with Gasteiger partial charge in [-0.2, -0.15) is 0 Å². The van der Waals surface area contributed by atoms with Crippen molar-refractivity contribution < 1.29 is 14.3 Å². The summed E-state index contributed by atoms with van der Waals surface area (Å²) in [4.78, 5) is 25.2. The average molecular weight is 312 g/mol. The molecule has 0 unspecified atom stereocenters. The fraction of sp³-hybridized carbons (Fsp3) is 0.385. The van der Waals surface area contributed by atoms with E-state index in [0.717, 1.165) is 15.7 Å². The van der Waals surface area contributed by atoms with E-state index in [9.17, 15) is 9.59 Å². The highest BCUT2D eigenvalue weighted by Crippen LogP contribution is 2.38. The second-order valence-electron chi connectivity index (χ2n) is 4.49. The number of carbonyl (C=O) groups is 2. The Morgan fingerprint density at radius 2 is 2.11 bits per heavy atom. The maximum absolute atomic E-state index is 12.0. The molecule has 0 saturated heterocycles. The summed E-state index contributed by atoms with van der Waals surface area (Å²) < 4.78 is 5.44. The molecule has 0 N–H and O–H groups in total. The summed E-state index contributed by atoms with van der Waals surface area (Å²) in [7, 11) is 1.34. The van der Waals surface area contributed by atoms with E-state index in [0.29, 0.717) is 12.0 Å².